The molecule has 0 saturated carbocycles. The highest BCUT2D eigenvalue weighted by molar-refractivity contribution is 8.00. The fourth-order valence-electron chi connectivity index (χ4n) is 2.09. The van der Waals surface area contributed by atoms with E-state index < -0.39 is 0 Å². The monoisotopic (exact) mass is 337 g/mol. The van der Waals surface area contributed by atoms with E-state index in [2.05, 4.69) is 5.32 Å². The van der Waals surface area contributed by atoms with Gasteiger partial charge in [0.05, 0.1) is 12.0 Å². The summed E-state index contributed by atoms with van der Waals surface area (Å²) in [6, 6.07) is 19.9. The molecule has 0 radical (unpaired) electrons. The normalized spacial score (nSPS) is 10.3. The lowest BCUT2D eigenvalue weighted by atomic mass is 10.2. The van der Waals surface area contributed by atoms with E-state index in [9.17, 15) is 9.59 Å². The van der Waals surface area contributed by atoms with E-state index in [-0.39, 0.29) is 17.5 Å². The van der Waals surface area contributed by atoms with Crippen molar-refractivity contribution in [3.8, 4) is 0 Å². The Kier molecular flexibility index (Phi) is 5.13. The maximum absolute atomic E-state index is 12.1. The van der Waals surface area contributed by atoms with Gasteiger partial charge in [0, 0.05) is 16.1 Å². The van der Waals surface area contributed by atoms with Gasteiger partial charge in [-0.1, -0.05) is 30.3 Å². The van der Waals surface area contributed by atoms with Gasteiger partial charge in [0.2, 0.25) is 0 Å². The van der Waals surface area contributed by atoms with Gasteiger partial charge in [0.25, 0.3) is 5.91 Å². The number of ketones is 1. The Morgan fingerprint density at radius 2 is 1.67 bits per heavy atom. The molecule has 0 atom stereocenters. The average Bonchev–Trinajstić information content (AvgIpc) is 3.16. The van der Waals surface area contributed by atoms with Crippen molar-refractivity contribution in [2.24, 2.45) is 0 Å². The summed E-state index contributed by atoms with van der Waals surface area (Å²) in [5.74, 6) is 0.444. The van der Waals surface area contributed by atoms with Gasteiger partial charge >= 0.3 is 0 Å². The summed E-state index contributed by atoms with van der Waals surface area (Å²) < 4.78 is 5.04. The van der Waals surface area contributed by atoms with Crippen molar-refractivity contribution >= 4 is 29.1 Å². The van der Waals surface area contributed by atoms with Gasteiger partial charge in [-0.05, 0) is 36.4 Å². The van der Waals surface area contributed by atoms with Crippen LogP contribution in [0.15, 0.2) is 82.3 Å². The van der Waals surface area contributed by atoms with Crippen molar-refractivity contribution in [3.05, 3.63) is 84.3 Å². The smallest absolute Gasteiger partial charge is 0.291 e. The topological polar surface area (TPSA) is 59.3 Å². The minimum atomic E-state index is -0.292. The fraction of sp³-hybridized carbons (Fsp3) is 0.0526. The Morgan fingerprint density at radius 1 is 0.917 bits per heavy atom. The fourth-order valence-corrected chi connectivity index (χ4v) is 2.88. The van der Waals surface area contributed by atoms with E-state index in [1.807, 2.05) is 42.5 Å². The van der Waals surface area contributed by atoms with E-state index in [0.717, 1.165) is 4.90 Å². The third kappa shape index (κ3) is 4.14. The number of thioether (sulfide) groups is 1. The van der Waals surface area contributed by atoms with E-state index >= 15 is 0 Å². The molecule has 1 aromatic heterocycles. The number of hydrogen-bond donors (Lipinski definition) is 1. The molecule has 3 aromatic rings. The molecule has 3 rings (SSSR count). The third-order valence-corrected chi connectivity index (χ3v) is 4.33. The molecule has 24 heavy (non-hydrogen) atoms. The summed E-state index contributed by atoms with van der Waals surface area (Å²) in [6.07, 6.45) is 1.46. The van der Waals surface area contributed by atoms with Gasteiger partial charge in [0.1, 0.15) is 0 Å². The number of hydrogen-bond acceptors (Lipinski definition) is 4. The average molecular weight is 337 g/mol. The largest absolute Gasteiger partial charge is 0.459 e. The minimum absolute atomic E-state index is 0.0933. The molecular weight excluding hydrogens is 322 g/mol. The van der Waals surface area contributed by atoms with Crippen LogP contribution in [-0.4, -0.2) is 17.4 Å². The van der Waals surface area contributed by atoms with Crippen LogP contribution in [0.5, 0.6) is 0 Å². The highest BCUT2D eigenvalue weighted by Gasteiger charge is 2.09. The second-order valence-corrected chi connectivity index (χ2v) is 6.08. The first-order valence-electron chi connectivity index (χ1n) is 7.38. The SMILES string of the molecule is O=C(CSc1ccc(NC(=O)c2ccco2)cc1)c1ccccc1. The summed E-state index contributed by atoms with van der Waals surface area (Å²) in [5, 5.41) is 2.75. The number of amides is 1. The van der Waals surface area contributed by atoms with Gasteiger partial charge in [0.15, 0.2) is 11.5 Å². The van der Waals surface area contributed by atoms with Crippen LogP contribution in [0.2, 0.25) is 0 Å². The Labute approximate surface area is 143 Å². The maximum atomic E-state index is 12.1. The molecule has 120 valence electrons. The molecule has 1 heterocycles. The molecule has 0 spiro atoms. The number of carbonyl (C=O) groups excluding carboxylic acids is 2. The van der Waals surface area contributed by atoms with E-state index in [1.165, 1.54) is 18.0 Å². The quantitative estimate of drug-likeness (QED) is 0.531. The first-order chi connectivity index (χ1) is 11.7. The molecule has 5 heteroatoms. The molecule has 0 aliphatic carbocycles. The Hall–Kier alpha value is -2.79. The zero-order valence-corrected chi connectivity index (χ0v) is 13.6. The summed E-state index contributed by atoms with van der Waals surface area (Å²) in [5.41, 5.74) is 1.39. The van der Waals surface area contributed by atoms with Crippen molar-refractivity contribution in [3.63, 3.8) is 0 Å². The minimum Gasteiger partial charge on any atom is -0.459 e. The second-order valence-electron chi connectivity index (χ2n) is 5.03. The number of furan rings is 1. The standard InChI is InChI=1S/C19H15NO3S/c21-17(14-5-2-1-3-6-14)13-24-16-10-8-15(9-11-16)20-19(22)18-7-4-12-23-18/h1-12H,13H2,(H,20,22). The van der Waals surface area contributed by atoms with E-state index in [4.69, 9.17) is 4.42 Å². The lowest BCUT2D eigenvalue weighted by Gasteiger charge is -2.05. The van der Waals surface area contributed by atoms with Crippen LogP contribution in [-0.2, 0) is 0 Å². The molecule has 0 fully saturated rings. The van der Waals surface area contributed by atoms with E-state index in [0.29, 0.717) is 17.0 Å². The van der Waals surface area contributed by atoms with Crippen molar-refractivity contribution in [1.29, 1.82) is 0 Å². The zero-order chi connectivity index (χ0) is 16.8. The van der Waals surface area contributed by atoms with Crippen molar-refractivity contribution in [2.45, 2.75) is 4.90 Å². The summed E-state index contributed by atoms with van der Waals surface area (Å²) >= 11 is 1.47. The summed E-state index contributed by atoms with van der Waals surface area (Å²) in [7, 11) is 0. The van der Waals surface area contributed by atoms with Gasteiger partial charge in [-0.2, -0.15) is 0 Å². The van der Waals surface area contributed by atoms with Crippen LogP contribution in [0.25, 0.3) is 0 Å². The van der Waals surface area contributed by atoms with Crippen LogP contribution in [0.3, 0.4) is 0 Å². The number of nitrogens with one attached hydrogen (secondary N) is 1. The Morgan fingerprint density at radius 3 is 2.33 bits per heavy atom. The first kappa shape index (κ1) is 16.1. The summed E-state index contributed by atoms with van der Waals surface area (Å²) in [4.78, 5) is 24.9. The lowest BCUT2D eigenvalue weighted by molar-refractivity contribution is 0.0994. The predicted octanol–water partition coefficient (Wildman–Crippen LogP) is 4.51. The van der Waals surface area contributed by atoms with Crippen LogP contribution < -0.4 is 5.32 Å². The van der Waals surface area contributed by atoms with Crippen LogP contribution in [0, 0.1) is 0 Å². The van der Waals surface area contributed by atoms with Gasteiger partial charge in [-0.25, -0.2) is 0 Å². The predicted molar refractivity (Wildman–Crippen MR) is 94.6 cm³/mol. The molecule has 0 unspecified atom stereocenters. The van der Waals surface area contributed by atoms with Crippen molar-refractivity contribution in [2.75, 3.05) is 11.1 Å². The number of rotatable bonds is 6. The maximum Gasteiger partial charge on any atom is 0.291 e. The molecular formula is C19H15NO3S. The number of Topliss-reactive ketones (excluding diaryl/α,β-unsaturated/α-hetero) is 1. The number of anilines is 1. The molecule has 2 aromatic carbocycles. The van der Waals surface area contributed by atoms with Crippen molar-refractivity contribution in [1.82, 2.24) is 0 Å². The Bertz CT molecular complexity index is 812. The highest BCUT2D eigenvalue weighted by atomic mass is 32.2. The molecule has 0 aliphatic rings. The molecule has 4 nitrogen and oxygen atoms in total. The van der Waals surface area contributed by atoms with Crippen LogP contribution in [0.1, 0.15) is 20.9 Å². The summed E-state index contributed by atoms with van der Waals surface area (Å²) in [6.45, 7) is 0. The Balaban J connectivity index is 1.55. The molecule has 0 saturated heterocycles. The van der Waals surface area contributed by atoms with Crippen LogP contribution >= 0.6 is 11.8 Å². The first-order valence-corrected chi connectivity index (χ1v) is 8.37. The molecule has 1 amide bonds. The molecule has 0 aliphatic heterocycles. The second kappa shape index (κ2) is 7.66. The highest BCUT2D eigenvalue weighted by Crippen LogP contribution is 2.21. The van der Waals surface area contributed by atoms with Crippen molar-refractivity contribution < 1.29 is 14.0 Å². The molecule has 1 N–H and O–H groups in total. The number of benzene rings is 2. The van der Waals surface area contributed by atoms with Crippen LogP contribution in [0.4, 0.5) is 5.69 Å². The van der Waals surface area contributed by atoms with Gasteiger partial charge < -0.3 is 9.73 Å². The van der Waals surface area contributed by atoms with Gasteiger partial charge in [-0.15, -0.1) is 11.8 Å². The lowest BCUT2D eigenvalue weighted by Crippen LogP contribution is -2.10. The zero-order valence-electron chi connectivity index (χ0n) is 12.8. The molecule has 0 bridgehead atoms. The van der Waals surface area contributed by atoms with Gasteiger partial charge in [-0.3, -0.25) is 9.59 Å². The number of carbonyl (C=O) groups is 2. The van der Waals surface area contributed by atoms with E-state index in [1.54, 1.807) is 24.3 Å². The third-order valence-electron chi connectivity index (χ3n) is 3.32.